The molecular weight excluding hydrogens is 245 g/mol. The summed E-state index contributed by atoms with van der Waals surface area (Å²) >= 11 is 0. The monoisotopic (exact) mass is 261 g/mol. The van der Waals surface area contributed by atoms with E-state index in [1.807, 2.05) is 30.3 Å². The third kappa shape index (κ3) is 3.53. The van der Waals surface area contributed by atoms with Crippen molar-refractivity contribution in [2.45, 2.75) is 12.6 Å². The number of rotatable bonds is 5. The molecule has 1 unspecified atom stereocenters. The number of aliphatic hydroxyl groups is 1. The predicted octanol–water partition coefficient (Wildman–Crippen LogP) is 2.35. The van der Waals surface area contributed by atoms with Gasteiger partial charge in [-0.25, -0.2) is 4.39 Å². The van der Waals surface area contributed by atoms with Crippen LogP contribution < -0.4 is 5.32 Å². The molecule has 0 saturated carbocycles. The Hall–Kier alpha value is -1.91. The first-order chi connectivity index (χ1) is 9.20. The number of phenols is 1. The van der Waals surface area contributed by atoms with Gasteiger partial charge in [0, 0.05) is 12.1 Å². The third-order valence-electron chi connectivity index (χ3n) is 2.96. The van der Waals surface area contributed by atoms with Gasteiger partial charge in [-0.05, 0) is 23.8 Å². The summed E-state index contributed by atoms with van der Waals surface area (Å²) in [5.41, 5.74) is 1.41. The van der Waals surface area contributed by atoms with Crippen LogP contribution >= 0.6 is 0 Å². The van der Waals surface area contributed by atoms with Crippen molar-refractivity contribution in [2.24, 2.45) is 0 Å². The molecule has 0 heterocycles. The van der Waals surface area contributed by atoms with Gasteiger partial charge in [-0.3, -0.25) is 0 Å². The normalized spacial score (nSPS) is 12.3. The van der Waals surface area contributed by atoms with Gasteiger partial charge in [0.05, 0.1) is 12.6 Å². The minimum atomic E-state index is -0.394. The molecule has 0 aliphatic carbocycles. The molecule has 0 amide bonds. The second-order valence-corrected chi connectivity index (χ2v) is 4.30. The van der Waals surface area contributed by atoms with Crippen LogP contribution in [0.3, 0.4) is 0 Å². The highest BCUT2D eigenvalue weighted by Crippen LogP contribution is 2.19. The summed E-state index contributed by atoms with van der Waals surface area (Å²) < 4.78 is 13.1. The van der Waals surface area contributed by atoms with E-state index in [0.29, 0.717) is 5.56 Å². The Morgan fingerprint density at radius 1 is 1.11 bits per heavy atom. The number of halogens is 1. The molecular formula is C15H16FNO2. The van der Waals surface area contributed by atoms with Crippen molar-refractivity contribution in [3.8, 4) is 5.75 Å². The van der Waals surface area contributed by atoms with E-state index in [2.05, 4.69) is 5.32 Å². The van der Waals surface area contributed by atoms with Gasteiger partial charge in [0.25, 0.3) is 0 Å². The van der Waals surface area contributed by atoms with E-state index in [1.165, 1.54) is 18.2 Å². The van der Waals surface area contributed by atoms with Crippen LogP contribution in [0.15, 0.2) is 48.5 Å². The fraction of sp³-hybridized carbons (Fsp3) is 0.200. The molecule has 0 radical (unpaired) electrons. The lowest BCUT2D eigenvalue weighted by Crippen LogP contribution is -2.24. The Kier molecular flexibility index (Phi) is 4.49. The second kappa shape index (κ2) is 6.31. The Morgan fingerprint density at radius 2 is 1.84 bits per heavy atom. The van der Waals surface area contributed by atoms with Gasteiger partial charge in [-0.15, -0.1) is 0 Å². The van der Waals surface area contributed by atoms with Crippen LogP contribution in [0.4, 0.5) is 4.39 Å². The molecule has 1 atom stereocenters. The highest BCUT2D eigenvalue weighted by atomic mass is 19.1. The average Bonchev–Trinajstić information content (AvgIpc) is 2.44. The highest BCUT2D eigenvalue weighted by Gasteiger charge is 2.10. The SMILES string of the molecule is OCC(NCc1cc(F)ccc1O)c1ccccc1. The number of benzene rings is 2. The van der Waals surface area contributed by atoms with Gasteiger partial charge in [0.2, 0.25) is 0 Å². The van der Waals surface area contributed by atoms with Crippen LogP contribution in [0.25, 0.3) is 0 Å². The molecule has 0 spiro atoms. The van der Waals surface area contributed by atoms with Crippen molar-refractivity contribution < 1.29 is 14.6 Å². The maximum atomic E-state index is 13.1. The lowest BCUT2D eigenvalue weighted by Gasteiger charge is -2.17. The standard InChI is InChI=1S/C15H16FNO2/c16-13-6-7-15(19)12(8-13)9-17-14(10-18)11-4-2-1-3-5-11/h1-8,14,17-19H,9-10H2. The maximum absolute atomic E-state index is 13.1. The van der Waals surface area contributed by atoms with Crippen molar-refractivity contribution in [1.82, 2.24) is 5.32 Å². The zero-order valence-corrected chi connectivity index (χ0v) is 10.4. The van der Waals surface area contributed by atoms with Gasteiger partial charge >= 0.3 is 0 Å². The number of phenolic OH excluding ortho intramolecular Hbond substituents is 1. The molecule has 3 N–H and O–H groups in total. The van der Waals surface area contributed by atoms with Crippen LogP contribution in [0.2, 0.25) is 0 Å². The Balaban J connectivity index is 2.06. The average molecular weight is 261 g/mol. The van der Waals surface area contributed by atoms with E-state index in [-0.39, 0.29) is 24.9 Å². The van der Waals surface area contributed by atoms with E-state index in [9.17, 15) is 14.6 Å². The maximum Gasteiger partial charge on any atom is 0.123 e. The van der Waals surface area contributed by atoms with E-state index in [0.717, 1.165) is 5.56 Å². The zero-order valence-electron chi connectivity index (χ0n) is 10.4. The summed E-state index contributed by atoms with van der Waals surface area (Å²) in [6.07, 6.45) is 0. The molecule has 2 aromatic rings. The third-order valence-corrected chi connectivity index (χ3v) is 2.96. The summed E-state index contributed by atoms with van der Waals surface area (Å²) in [5, 5.41) is 22.1. The molecule has 0 aromatic heterocycles. The van der Waals surface area contributed by atoms with E-state index in [1.54, 1.807) is 0 Å². The first kappa shape index (κ1) is 13.5. The Labute approximate surface area is 111 Å². The number of hydrogen-bond acceptors (Lipinski definition) is 3. The van der Waals surface area contributed by atoms with Crippen molar-refractivity contribution in [1.29, 1.82) is 0 Å². The number of hydrogen-bond donors (Lipinski definition) is 3. The summed E-state index contributed by atoms with van der Waals surface area (Å²) in [6, 6.07) is 13.0. The molecule has 0 aliphatic rings. The van der Waals surface area contributed by atoms with E-state index in [4.69, 9.17) is 0 Å². The molecule has 0 saturated heterocycles. The van der Waals surface area contributed by atoms with Gasteiger partial charge in [0.15, 0.2) is 0 Å². The van der Waals surface area contributed by atoms with Crippen molar-refractivity contribution >= 4 is 0 Å². The van der Waals surface area contributed by atoms with Crippen molar-refractivity contribution in [2.75, 3.05) is 6.61 Å². The van der Waals surface area contributed by atoms with Gasteiger partial charge in [0.1, 0.15) is 11.6 Å². The quantitative estimate of drug-likeness (QED) is 0.774. The van der Waals surface area contributed by atoms with Crippen LogP contribution in [0.1, 0.15) is 17.2 Å². The lowest BCUT2D eigenvalue weighted by atomic mass is 10.1. The fourth-order valence-electron chi connectivity index (χ4n) is 1.90. The van der Waals surface area contributed by atoms with E-state index < -0.39 is 5.82 Å². The van der Waals surface area contributed by atoms with Crippen LogP contribution in [0, 0.1) is 5.82 Å². The van der Waals surface area contributed by atoms with Crippen LogP contribution in [-0.2, 0) is 6.54 Å². The lowest BCUT2D eigenvalue weighted by molar-refractivity contribution is 0.243. The van der Waals surface area contributed by atoms with Crippen molar-refractivity contribution in [3.05, 3.63) is 65.5 Å². The highest BCUT2D eigenvalue weighted by molar-refractivity contribution is 5.32. The fourth-order valence-corrected chi connectivity index (χ4v) is 1.90. The predicted molar refractivity (Wildman–Crippen MR) is 71.2 cm³/mol. The summed E-state index contributed by atoms with van der Waals surface area (Å²) in [4.78, 5) is 0. The summed E-state index contributed by atoms with van der Waals surface area (Å²) in [7, 11) is 0. The number of aliphatic hydroxyl groups excluding tert-OH is 1. The first-order valence-electron chi connectivity index (χ1n) is 6.07. The van der Waals surface area contributed by atoms with Gasteiger partial charge in [-0.2, -0.15) is 0 Å². The zero-order chi connectivity index (χ0) is 13.7. The largest absolute Gasteiger partial charge is 0.508 e. The first-order valence-corrected chi connectivity index (χ1v) is 6.07. The molecule has 100 valence electrons. The number of aromatic hydroxyl groups is 1. The topological polar surface area (TPSA) is 52.5 Å². The summed E-state index contributed by atoms with van der Waals surface area (Å²) in [5.74, 6) is -0.353. The summed E-state index contributed by atoms with van der Waals surface area (Å²) in [6.45, 7) is 0.212. The molecule has 3 nitrogen and oxygen atoms in total. The molecule has 2 aromatic carbocycles. The van der Waals surface area contributed by atoms with Crippen molar-refractivity contribution in [3.63, 3.8) is 0 Å². The van der Waals surface area contributed by atoms with Gasteiger partial charge < -0.3 is 15.5 Å². The molecule has 0 fully saturated rings. The Bertz CT molecular complexity index is 531. The minimum Gasteiger partial charge on any atom is -0.508 e. The van der Waals surface area contributed by atoms with E-state index >= 15 is 0 Å². The molecule has 19 heavy (non-hydrogen) atoms. The number of nitrogens with one attached hydrogen (secondary N) is 1. The molecule has 2 rings (SSSR count). The molecule has 0 bridgehead atoms. The van der Waals surface area contributed by atoms with Gasteiger partial charge in [-0.1, -0.05) is 30.3 Å². The molecule has 4 heteroatoms. The smallest absolute Gasteiger partial charge is 0.123 e. The van der Waals surface area contributed by atoms with Crippen LogP contribution in [0.5, 0.6) is 5.75 Å². The molecule has 0 aliphatic heterocycles. The van der Waals surface area contributed by atoms with Crippen LogP contribution in [-0.4, -0.2) is 16.8 Å². The second-order valence-electron chi connectivity index (χ2n) is 4.30. The minimum absolute atomic E-state index is 0.0404. The Morgan fingerprint density at radius 3 is 2.53 bits per heavy atom.